The monoisotopic (exact) mass is 241 g/mol. The van der Waals surface area contributed by atoms with Gasteiger partial charge in [-0.1, -0.05) is 18.2 Å². The molecule has 17 heavy (non-hydrogen) atoms. The first-order chi connectivity index (χ1) is 7.98. The zero-order valence-electron chi connectivity index (χ0n) is 8.78. The average molecular weight is 241 g/mol. The van der Waals surface area contributed by atoms with Crippen molar-refractivity contribution in [2.75, 3.05) is 5.73 Å². The van der Waals surface area contributed by atoms with Crippen molar-refractivity contribution < 1.29 is 13.2 Å². The van der Waals surface area contributed by atoms with Crippen LogP contribution in [-0.4, -0.2) is 9.55 Å². The van der Waals surface area contributed by atoms with Crippen molar-refractivity contribution >= 4 is 5.69 Å². The highest BCUT2D eigenvalue weighted by Gasteiger charge is 2.35. The first-order valence-electron chi connectivity index (χ1n) is 4.90. The maximum Gasteiger partial charge on any atom is 0.449 e. The van der Waals surface area contributed by atoms with Crippen molar-refractivity contribution in [3.8, 4) is 0 Å². The summed E-state index contributed by atoms with van der Waals surface area (Å²) in [6.45, 7) is 0.0571. The number of benzene rings is 1. The molecule has 6 heteroatoms. The van der Waals surface area contributed by atoms with Crippen LogP contribution in [0.2, 0.25) is 0 Å². The van der Waals surface area contributed by atoms with Crippen molar-refractivity contribution in [3.63, 3.8) is 0 Å². The first kappa shape index (κ1) is 11.5. The second kappa shape index (κ2) is 4.12. The molecule has 90 valence electrons. The van der Waals surface area contributed by atoms with Crippen molar-refractivity contribution in [1.82, 2.24) is 9.55 Å². The van der Waals surface area contributed by atoms with Crippen LogP contribution in [0.4, 0.5) is 18.9 Å². The highest BCUT2D eigenvalue weighted by atomic mass is 19.4. The van der Waals surface area contributed by atoms with Crippen LogP contribution in [-0.2, 0) is 12.7 Å². The predicted octanol–water partition coefficient (Wildman–Crippen LogP) is 2.53. The molecular weight excluding hydrogens is 231 g/mol. The molecule has 0 atom stereocenters. The quantitative estimate of drug-likeness (QED) is 0.821. The number of imidazole rings is 1. The fourth-order valence-corrected chi connectivity index (χ4v) is 1.55. The maximum absolute atomic E-state index is 12.6. The summed E-state index contributed by atoms with van der Waals surface area (Å²) in [4.78, 5) is 3.31. The molecule has 0 saturated heterocycles. The van der Waals surface area contributed by atoms with E-state index in [0.717, 1.165) is 10.8 Å². The van der Waals surface area contributed by atoms with Crippen molar-refractivity contribution in [1.29, 1.82) is 0 Å². The molecule has 0 unspecified atom stereocenters. The summed E-state index contributed by atoms with van der Waals surface area (Å²) in [6.07, 6.45) is -2.04. The SMILES string of the molecule is Nc1ccccc1Cn1ccnc1C(F)(F)F. The third-order valence-electron chi connectivity index (χ3n) is 2.36. The number of anilines is 1. The standard InChI is InChI=1S/C11H10F3N3/c12-11(13,14)10-16-5-6-17(10)7-8-3-1-2-4-9(8)15/h1-6H,7,15H2. The summed E-state index contributed by atoms with van der Waals surface area (Å²) in [5.74, 6) is -0.916. The Bertz CT molecular complexity index is 517. The van der Waals surface area contributed by atoms with E-state index < -0.39 is 12.0 Å². The molecule has 0 radical (unpaired) electrons. The third kappa shape index (κ3) is 2.41. The highest BCUT2D eigenvalue weighted by Crippen LogP contribution is 2.28. The maximum atomic E-state index is 12.6. The number of nitrogen functional groups attached to an aromatic ring is 1. The highest BCUT2D eigenvalue weighted by molar-refractivity contribution is 5.46. The lowest BCUT2D eigenvalue weighted by molar-refractivity contribution is -0.147. The fourth-order valence-electron chi connectivity index (χ4n) is 1.55. The van der Waals surface area contributed by atoms with E-state index in [9.17, 15) is 13.2 Å². The Morgan fingerprint density at radius 2 is 1.94 bits per heavy atom. The molecule has 1 aromatic heterocycles. The Balaban J connectivity index is 2.32. The van der Waals surface area contributed by atoms with E-state index >= 15 is 0 Å². The van der Waals surface area contributed by atoms with Crippen LogP contribution in [0.25, 0.3) is 0 Å². The number of para-hydroxylation sites is 1. The van der Waals surface area contributed by atoms with Gasteiger partial charge in [-0.15, -0.1) is 0 Å². The topological polar surface area (TPSA) is 43.8 Å². The second-order valence-corrected chi connectivity index (χ2v) is 3.58. The van der Waals surface area contributed by atoms with E-state index in [1.807, 2.05) is 0 Å². The summed E-state index contributed by atoms with van der Waals surface area (Å²) in [6, 6.07) is 6.81. The van der Waals surface area contributed by atoms with Gasteiger partial charge in [0.2, 0.25) is 5.82 Å². The predicted molar refractivity (Wildman–Crippen MR) is 57.2 cm³/mol. The van der Waals surface area contributed by atoms with Crippen molar-refractivity contribution in [3.05, 3.63) is 48.0 Å². The second-order valence-electron chi connectivity index (χ2n) is 3.58. The molecule has 0 aliphatic carbocycles. The molecular formula is C11H10F3N3. The fraction of sp³-hybridized carbons (Fsp3) is 0.182. The minimum Gasteiger partial charge on any atom is -0.398 e. The van der Waals surface area contributed by atoms with Crippen LogP contribution in [0, 0.1) is 0 Å². The van der Waals surface area contributed by atoms with Gasteiger partial charge >= 0.3 is 6.18 Å². The molecule has 0 amide bonds. The van der Waals surface area contributed by atoms with E-state index in [1.165, 1.54) is 6.20 Å². The molecule has 0 fully saturated rings. The number of nitrogens with zero attached hydrogens (tertiary/aromatic N) is 2. The molecule has 1 aromatic carbocycles. The molecule has 0 aliphatic heterocycles. The molecule has 0 saturated carbocycles. The molecule has 3 nitrogen and oxygen atoms in total. The Kier molecular flexibility index (Phi) is 2.79. The number of rotatable bonds is 2. The van der Waals surface area contributed by atoms with E-state index in [4.69, 9.17) is 5.73 Å². The summed E-state index contributed by atoms with van der Waals surface area (Å²) in [5.41, 5.74) is 6.78. The van der Waals surface area contributed by atoms with Gasteiger partial charge in [-0.3, -0.25) is 0 Å². The van der Waals surface area contributed by atoms with Crippen LogP contribution in [0.5, 0.6) is 0 Å². The van der Waals surface area contributed by atoms with Gasteiger partial charge in [-0.05, 0) is 11.6 Å². The normalized spacial score (nSPS) is 11.7. The largest absolute Gasteiger partial charge is 0.449 e. The van der Waals surface area contributed by atoms with Gasteiger partial charge in [-0.2, -0.15) is 13.2 Å². The van der Waals surface area contributed by atoms with E-state index in [0.29, 0.717) is 11.3 Å². The van der Waals surface area contributed by atoms with Crippen LogP contribution in [0.1, 0.15) is 11.4 Å². The molecule has 0 aliphatic rings. The molecule has 1 heterocycles. The zero-order chi connectivity index (χ0) is 12.5. The zero-order valence-corrected chi connectivity index (χ0v) is 8.78. The van der Waals surface area contributed by atoms with E-state index in [2.05, 4.69) is 4.98 Å². The lowest BCUT2D eigenvalue weighted by Crippen LogP contribution is -2.15. The van der Waals surface area contributed by atoms with Gasteiger partial charge in [0.05, 0.1) is 6.54 Å². The number of hydrogen-bond acceptors (Lipinski definition) is 2. The molecule has 2 N–H and O–H groups in total. The van der Waals surface area contributed by atoms with E-state index in [-0.39, 0.29) is 6.54 Å². The number of alkyl halides is 3. The molecule has 2 aromatic rings. The Morgan fingerprint density at radius 3 is 2.59 bits per heavy atom. The molecule has 0 bridgehead atoms. The smallest absolute Gasteiger partial charge is 0.398 e. The van der Waals surface area contributed by atoms with E-state index in [1.54, 1.807) is 24.3 Å². The number of aromatic nitrogens is 2. The summed E-state index contributed by atoms with van der Waals surface area (Å²) in [7, 11) is 0. The molecule has 0 spiro atoms. The van der Waals surface area contributed by atoms with Gasteiger partial charge in [0, 0.05) is 18.1 Å². The Morgan fingerprint density at radius 1 is 1.24 bits per heavy atom. The van der Waals surface area contributed by atoms with Gasteiger partial charge < -0.3 is 10.3 Å². The van der Waals surface area contributed by atoms with Crippen LogP contribution >= 0.6 is 0 Å². The minimum absolute atomic E-state index is 0.0571. The summed E-state index contributed by atoms with van der Waals surface area (Å²) in [5, 5.41) is 0. The Hall–Kier alpha value is -1.98. The van der Waals surface area contributed by atoms with Gasteiger partial charge in [0.15, 0.2) is 0 Å². The Labute approximate surface area is 95.7 Å². The van der Waals surface area contributed by atoms with Crippen LogP contribution in [0.15, 0.2) is 36.7 Å². The van der Waals surface area contributed by atoms with Crippen LogP contribution < -0.4 is 5.73 Å². The number of nitrogens with two attached hydrogens (primary N) is 1. The molecule has 2 rings (SSSR count). The lowest BCUT2D eigenvalue weighted by atomic mass is 10.2. The number of halogens is 3. The van der Waals surface area contributed by atoms with Gasteiger partial charge in [0.1, 0.15) is 0 Å². The van der Waals surface area contributed by atoms with Gasteiger partial charge in [0.25, 0.3) is 0 Å². The summed E-state index contributed by atoms with van der Waals surface area (Å²) >= 11 is 0. The first-order valence-corrected chi connectivity index (χ1v) is 4.90. The summed E-state index contributed by atoms with van der Waals surface area (Å²) < 4.78 is 38.7. The van der Waals surface area contributed by atoms with Crippen LogP contribution in [0.3, 0.4) is 0 Å². The third-order valence-corrected chi connectivity index (χ3v) is 2.36. The number of hydrogen-bond donors (Lipinski definition) is 1. The lowest BCUT2D eigenvalue weighted by Gasteiger charge is -2.11. The average Bonchev–Trinajstić information content (AvgIpc) is 2.69. The van der Waals surface area contributed by atoms with Crippen molar-refractivity contribution in [2.24, 2.45) is 0 Å². The van der Waals surface area contributed by atoms with Crippen molar-refractivity contribution in [2.45, 2.75) is 12.7 Å². The minimum atomic E-state index is -4.45. The van der Waals surface area contributed by atoms with Gasteiger partial charge in [-0.25, -0.2) is 4.98 Å².